The van der Waals surface area contributed by atoms with Crippen LogP contribution in [0.2, 0.25) is 0 Å². The van der Waals surface area contributed by atoms with Crippen LogP contribution in [0.15, 0.2) is 12.2 Å². The third kappa shape index (κ3) is 15.1. The lowest BCUT2D eigenvalue weighted by Crippen LogP contribution is -1.98. The topological polar surface area (TPSA) is 26.3 Å². The number of rotatable bonds is 11. The number of carbonyl (C=O) groups is 1. The Hall–Kier alpha value is -0.860. The highest BCUT2D eigenvalue weighted by Gasteiger charge is 1.91. The van der Waals surface area contributed by atoms with Crippen molar-refractivity contribution < 1.29 is 13.9 Å². The van der Waals surface area contributed by atoms with Crippen LogP contribution in [0.5, 0.6) is 0 Å². The SMILES string of the molecule is CC(=O)OCC/C=C\CCCCCCCCF. The van der Waals surface area contributed by atoms with E-state index in [1.807, 2.05) is 0 Å². The van der Waals surface area contributed by atoms with E-state index in [4.69, 9.17) is 4.74 Å². The minimum absolute atomic E-state index is 0.176. The molecule has 0 saturated heterocycles. The Morgan fingerprint density at radius 1 is 1.00 bits per heavy atom. The molecule has 0 amide bonds. The lowest BCUT2D eigenvalue weighted by Gasteiger charge is -1.99. The molecule has 2 nitrogen and oxygen atoms in total. The van der Waals surface area contributed by atoms with Gasteiger partial charge < -0.3 is 4.74 Å². The zero-order valence-electron chi connectivity index (χ0n) is 10.9. The molecule has 0 spiro atoms. The maximum Gasteiger partial charge on any atom is 0.302 e. The van der Waals surface area contributed by atoms with Crippen LogP contribution in [0.4, 0.5) is 4.39 Å². The molecule has 0 bridgehead atoms. The van der Waals surface area contributed by atoms with Crippen LogP contribution in [0, 0.1) is 0 Å². The molecule has 0 aromatic rings. The minimum atomic E-state index is -0.216. The summed E-state index contributed by atoms with van der Waals surface area (Å²) in [5.41, 5.74) is 0. The van der Waals surface area contributed by atoms with Gasteiger partial charge in [-0.05, 0) is 25.7 Å². The summed E-state index contributed by atoms with van der Waals surface area (Å²) in [5.74, 6) is -0.216. The van der Waals surface area contributed by atoms with Crippen molar-refractivity contribution in [1.82, 2.24) is 0 Å². The lowest BCUT2D eigenvalue weighted by atomic mass is 10.1. The first-order valence-corrected chi connectivity index (χ1v) is 6.61. The summed E-state index contributed by atoms with van der Waals surface area (Å²) >= 11 is 0. The Bertz CT molecular complexity index is 202. The smallest absolute Gasteiger partial charge is 0.302 e. The fourth-order valence-electron chi connectivity index (χ4n) is 1.57. The van der Waals surface area contributed by atoms with Gasteiger partial charge in [-0.3, -0.25) is 9.18 Å². The molecule has 0 rings (SSSR count). The average molecular weight is 244 g/mol. The zero-order valence-corrected chi connectivity index (χ0v) is 10.9. The van der Waals surface area contributed by atoms with E-state index >= 15 is 0 Å². The van der Waals surface area contributed by atoms with Gasteiger partial charge in [-0.1, -0.05) is 37.8 Å². The number of unbranched alkanes of at least 4 members (excludes halogenated alkanes) is 6. The molecule has 0 saturated carbocycles. The van der Waals surface area contributed by atoms with Gasteiger partial charge in [0.25, 0.3) is 0 Å². The Balaban J connectivity index is 3.06. The summed E-state index contributed by atoms with van der Waals surface area (Å²) in [7, 11) is 0. The minimum Gasteiger partial charge on any atom is -0.466 e. The van der Waals surface area contributed by atoms with E-state index in [-0.39, 0.29) is 12.6 Å². The second-order valence-electron chi connectivity index (χ2n) is 4.20. The van der Waals surface area contributed by atoms with Gasteiger partial charge in [0.2, 0.25) is 0 Å². The number of esters is 1. The van der Waals surface area contributed by atoms with Gasteiger partial charge in [-0.25, -0.2) is 0 Å². The molecule has 0 radical (unpaired) electrons. The number of alkyl halides is 1. The average Bonchev–Trinajstić information content (AvgIpc) is 2.30. The van der Waals surface area contributed by atoms with Crippen LogP contribution in [0.1, 0.15) is 58.3 Å². The third-order valence-corrected chi connectivity index (χ3v) is 2.51. The summed E-state index contributed by atoms with van der Waals surface area (Å²) in [6, 6.07) is 0. The van der Waals surface area contributed by atoms with E-state index in [9.17, 15) is 9.18 Å². The predicted molar refractivity (Wildman–Crippen MR) is 68.7 cm³/mol. The van der Waals surface area contributed by atoms with Gasteiger partial charge >= 0.3 is 5.97 Å². The van der Waals surface area contributed by atoms with Gasteiger partial charge in [0.15, 0.2) is 0 Å². The van der Waals surface area contributed by atoms with Crippen molar-refractivity contribution >= 4 is 5.97 Å². The predicted octanol–water partition coefficient (Wildman–Crippen LogP) is 4.20. The Morgan fingerprint density at radius 2 is 1.59 bits per heavy atom. The van der Waals surface area contributed by atoms with E-state index in [0.717, 1.165) is 32.1 Å². The van der Waals surface area contributed by atoms with E-state index < -0.39 is 0 Å². The standard InChI is InChI=1S/C14H25FO2/c1-14(16)17-13-11-9-7-5-3-2-4-6-8-10-12-15/h7,9H,2-6,8,10-13H2,1H3/b9-7-. The van der Waals surface area contributed by atoms with Gasteiger partial charge in [0, 0.05) is 6.92 Å². The number of hydrogen-bond donors (Lipinski definition) is 0. The van der Waals surface area contributed by atoms with Crippen molar-refractivity contribution in [2.75, 3.05) is 13.3 Å². The van der Waals surface area contributed by atoms with Crippen molar-refractivity contribution in [2.45, 2.75) is 58.3 Å². The molecule has 0 unspecified atom stereocenters. The number of ether oxygens (including phenoxy) is 1. The summed E-state index contributed by atoms with van der Waals surface area (Å²) in [4.78, 5) is 10.5. The second-order valence-corrected chi connectivity index (χ2v) is 4.20. The summed E-state index contributed by atoms with van der Waals surface area (Å²) in [6.45, 7) is 1.73. The van der Waals surface area contributed by atoms with Crippen LogP contribution in [0.25, 0.3) is 0 Å². The highest BCUT2D eigenvalue weighted by molar-refractivity contribution is 5.65. The van der Waals surface area contributed by atoms with E-state index in [1.165, 1.54) is 26.2 Å². The first-order valence-electron chi connectivity index (χ1n) is 6.61. The van der Waals surface area contributed by atoms with E-state index in [2.05, 4.69) is 12.2 Å². The molecule has 0 aromatic heterocycles. The van der Waals surface area contributed by atoms with Crippen molar-refractivity contribution in [1.29, 1.82) is 0 Å². The van der Waals surface area contributed by atoms with Gasteiger partial charge in [-0.15, -0.1) is 0 Å². The Kier molecular flexibility index (Phi) is 12.5. The molecule has 3 heteroatoms. The Morgan fingerprint density at radius 3 is 2.24 bits per heavy atom. The Labute approximate surface area is 104 Å². The highest BCUT2D eigenvalue weighted by atomic mass is 19.1. The highest BCUT2D eigenvalue weighted by Crippen LogP contribution is 2.07. The fourth-order valence-corrected chi connectivity index (χ4v) is 1.57. The fraction of sp³-hybridized carbons (Fsp3) is 0.786. The molecular weight excluding hydrogens is 219 g/mol. The third-order valence-electron chi connectivity index (χ3n) is 2.51. The van der Waals surface area contributed by atoms with Crippen LogP contribution in [-0.4, -0.2) is 19.3 Å². The number of allylic oxidation sites excluding steroid dienone is 1. The van der Waals surface area contributed by atoms with E-state index in [1.54, 1.807) is 0 Å². The van der Waals surface area contributed by atoms with Crippen molar-refractivity contribution in [3.63, 3.8) is 0 Å². The molecule has 17 heavy (non-hydrogen) atoms. The zero-order chi connectivity index (χ0) is 12.8. The van der Waals surface area contributed by atoms with Gasteiger partial charge in [0.1, 0.15) is 0 Å². The maximum absolute atomic E-state index is 11.8. The first-order chi connectivity index (χ1) is 8.27. The molecule has 0 atom stereocenters. The normalized spacial score (nSPS) is 10.9. The number of carbonyl (C=O) groups excluding carboxylic acids is 1. The molecule has 100 valence electrons. The van der Waals surface area contributed by atoms with Crippen LogP contribution in [0.3, 0.4) is 0 Å². The monoisotopic (exact) mass is 244 g/mol. The number of halogens is 1. The maximum atomic E-state index is 11.8. The number of hydrogen-bond acceptors (Lipinski definition) is 2. The molecule has 0 heterocycles. The molecule has 0 aliphatic rings. The lowest BCUT2D eigenvalue weighted by molar-refractivity contribution is -0.140. The largest absolute Gasteiger partial charge is 0.466 e. The van der Waals surface area contributed by atoms with Crippen molar-refractivity contribution in [3.8, 4) is 0 Å². The van der Waals surface area contributed by atoms with Crippen molar-refractivity contribution in [2.24, 2.45) is 0 Å². The van der Waals surface area contributed by atoms with Crippen LogP contribution in [-0.2, 0) is 9.53 Å². The van der Waals surface area contributed by atoms with E-state index in [0.29, 0.717) is 6.61 Å². The quantitative estimate of drug-likeness (QED) is 0.309. The summed E-state index contributed by atoms with van der Waals surface area (Å²) in [5, 5.41) is 0. The summed E-state index contributed by atoms with van der Waals surface area (Å²) < 4.78 is 16.6. The molecule has 0 fully saturated rings. The van der Waals surface area contributed by atoms with Crippen LogP contribution < -0.4 is 0 Å². The van der Waals surface area contributed by atoms with Crippen LogP contribution >= 0.6 is 0 Å². The molecule has 0 aliphatic carbocycles. The molecular formula is C14H25FO2. The molecule has 0 N–H and O–H groups in total. The van der Waals surface area contributed by atoms with Crippen molar-refractivity contribution in [3.05, 3.63) is 12.2 Å². The molecule has 0 aromatic carbocycles. The molecule has 0 aliphatic heterocycles. The summed E-state index contributed by atoms with van der Waals surface area (Å²) in [6.07, 6.45) is 12.6. The van der Waals surface area contributed by atoms with Gasteiger partial charge in [-0.2, -0.15) is 0 Å². The van der Waals surface area contributed by atoms with Gasteiger partial charge in [0.05, 0.1) is 13.3 Å². The first kappa shape index (κ1) is 16.1. The second kappa shape index (κ2) is 13.2.